The highest BCUT2D eigenvalue weighted by Gasteiger charge is 2.23. The molecule has 2 heterocycles. The second kappa shape index (κ2) is 8.84. The van der Waals surface area contributed by atoms with Gasteiger partial charge < -0.3 is 16.0 Å². The number of piperidine rings is 1. The normalized spacial score (nSPS) is 25.4. The number of nitrogens with two attached hydrogens (primary N) is 1. The van der Waals surface area contributed by atoms with E-state index in [1.54, 1.807) is 0 Å². The molecule has 0 spiro atoms. The fraction of sp³-hybridized carbons (Fsp3) is 0.800. The highest BCUT2D eigenvalue weighted by molar-refractivity contribution is 5.42. The third kappa shape index (κ3) is 5.30. The van der Waals surface area contributed by atoms with Gasteiger partial charge in [-0.3, -0.25) is 0 Å². The van der Waals surface area contributed by atoms with Crippen molar-refractivity contribution in [3.05, 3.63) is 12.4 Å². The molecule has 1 aromatic heterocycles. The van der Waals surface area contributed by atoms with Crippen molar-refractivity contribution in [2.75, 3.05) is 29.9 Å². The molecule has 0 radical (unpaired) electrons. The lowest BCUT2D eigenvalue weighted by atomic mass is 9.84. The molecular weight excluding hydrogens is 310 g/mol. The van der Waals surface area contributed by atoms with Gasteiger partial charge in [0.1, 0.15) is 0 Å². The first-order chi connectivity index (χ1) is 12.1. The van der Waals surface area contributed by atoms with Crippen molar-refractivity contribution in [3.63, 3.8) is 0 Å². The van der Waals surface area contributed by atoms with Crippen molar-refractivity contribution in [2.45, 2.75) is 64.8 Å². The zero-order chi connectivity index (χ0) is 17.6. The van der Waals surface area contributed by atoms with Crippen molar-refractivity contribution in [2.24, 2.45) is 23.5 Å². The van der Waals surface area contributed by atoms with Crippen molar-refractivity contribution < 1.29 is 0 Å². The monoisotopic (exact) mass is 345 g/mol. The van der Waals surface area contributed by atoms with E-state index in [1.165, 1.54) is 44.9 Å². The predicted molar refractivity (Wildman–Crippen MR) is 105 cm³/mol. The molecule has 0 amide bonds. The quantitative estimate of drug-likeness (QED) is 0.823. The van der Waals surface area contributed by atoms with E-state index in [-0.39, 0.29) is 0 Å². The highest BCUT2D eigenvalue weighted by atomic mass is 15.3. The van der Waals surface area contributed by atoms with Crippen molar-refractivity contribution in [3.8, 4) is 0 Å². The maximum atomic E-state index is 5.98. The second-order valence-electron chi connectivity index (χ2n) is 8.34. The summed E-state index contributed by atoms with van der Waals surface area (Å²) in [5.41, 5.74) is 7.01. The Labute approximate surface area is 152 Å². The van der Waals surface area contributed by atoms with Crippen LogP contribution in [0.25, 0.3) is 0 Å². The minimum atomic E-state index is 0.441. The fourth-order valence-corrected chi connectivity index (χ4v) is 4.24. The molecule has 25 heavy (non-hydrogen) atoms. The summed E-state index contributed by atoms with van der Waals surface area (Å²) in [6.07, 6.45) is 12.6. The molecule has 0 unspecified atom stereocenters. The molecule has 0 bridgehead atoms. The Hall–Kier alpha value is -1.36. The highest BCUT2D eigenvalue weighted by Crippen LogP contribution is 2.27. The van der Waals surface area contributed by atoms with Crippen molar-refractivity contribution >= 4 is 11.6 Å². The van der Waals surface area contributed by atoms with Crippen LogP contribution in [0.2, 0.25) is 0 Å². The summed E-state index contributed by atoms with van der Waals surface area (Å²) in [6, 6.07) is 0.441. The molecule has 1 aromatic rings. The van der Waals surface area contributed by atoms with Crippen LogP contribution in [-0.2, 0) is 0 Å². The third-order valence-corrected chi connectivity index (χ3v) is 6.18. The molecule has 1 saturated heterocycles. The molecule has 5 heteroatoms. The first kappa shape index (κ1) is 18.4. The number of nitrogens with zero attached hydrogens (tertiary/aromatic N) is 3. The summed E-state index contributed by atoms with van der Waals surface area (Å²) in [7, 11) is 0. The van der Waals surface area contributed by atoms with Gasteiger partial charge >= 0.3 is 0 Å². The van der Waals surface area contributed by atoms with E-state index in [2.05, 4.69) is 34.0 Å². The molecule has 1 saturated carbocycles. The molecular formula is C20H35N5. The summed E-state index contributed by atoms with van der Waals surface area (Å²) in [5, 5.41) is 3.48. The van der Waals surface area contributed by atoms with Gasteiger partial charge in [-0.05, 0) is 62.7 Å². The van der Waals surface area contributed by atoms with E-state index in [4.69, 9.17) is 5.73 Å². The van der Waals surface area contributed by atoms with Crippen LogP contribution in [-0.4, -0.2) is 35.6 Å². The van der Waals surface area contributed by atoms with Gasteiger partial charge in [0, 0.05) is 25.7 Å². The Morgan fingerprint density at radius 3 is 2.32 bits per heavy atom. The maximum absolute atomic E-state index is 5.98. The van der Waals surface area contributed by atoms with E-state index in [0.717, 1.165) is 49.0 Å². The Balaban J connectivity index is 1.40. The van der Waals surface area contributed by atoms with Gasteiger partial charge in [0.25, 0.3) is 0 Å². The average Bonchev–Trinajstić information content (AvgIpc) is 2.64. The summed E-state index contributed by atoms with van der Waals surface area (Å²) in [6.45, 7) is 7.83. The summed E-state index contributed by atoms with van der Waals surface area (Å²) < 4.78 is 0. The molecule has 1 aliphatic carbocycles. The van der Waals surface area contributed by atoms with Crippen LogP contribution in [0.15, 0.2) is 12.4 Å². The van der Waals surface area contributed by atoms with Gasteiger partial charge in [0.05, 0.1) is 18.1 Å². The summed E-state index contributed by atoms with van der Waals surface area (Å²) in [5.74, 6) is 3.35. The van der Waals surface area contributed by atoms with Gasteiger partial charge in [0.15, 0.2) is 0 Å². The Morgan fingerprint density at radius 1 is 1.08 bits per heavy atom. The minimum Gasteiger partial charge on any atom is -0.383 e. The molecule has 3 rings (SSSR count). The van der Waals surface area contributed by atoms with Crippen LogP contribution >= 0.6 is 0 Å². The lowest BCUT2D eigenvalue weighted by Gasteiger charge is -2.33. The molecule has 0 atom stereocenters. The van der Waals surface area contributed by atoms with Gasteiger partial charge in [-0.2, -0.15) is 0 Å². The lowest BCUT2D eigenvalue weighted by molar-refractivity contribution is 0.310. The standard InChI is InChI=1S/C20H35N5/c1-15(2)17-8-11-25(12-9-17)20-23-13-19(14-24-20)22-10-7-16-3-5-18(21)6-4-16/h13-18,22H,3-12,21H2,1-2H3. The Morgan fingerprint density at radius 2 is 1.72 bits per heavy atom. The maximum Gasteiger partial charge on any atom is 0.225 e. The number of aromatic nitrogens is 2. The van der Waals surface area contributed by atoms with Gasteiger partial charge in [0.2, 0.25) is 5.95 Å². The van der Waals surface area contributed by atoms with Crippen LogP contribution in [0.1, 0.15) is 58.8 Å². The lowest BCUT2D eigenvalue weighted by Crippen LogP contribution is -2.36. The number of hydrogen-bond acceptors (Lipinski definition) is 5. The second-order valence-corrected chi connectivity index (χ2v) is 8.34. The van der Waals surface area contributed by atoms with Crippen LogP contribution < -0.4 is 16.0 Å². The van der Waals surface area contributed by atoms with Crippen LogP contribution in [0.4, 0.5) is 11.6 Å². The van der Waals surface area contributed by atoms with E-state index >= 15 is 0 Å². The van der Waals surface area contributed by atoms with Crippen LogP contribution in [0.3, 0.4) is 0 Å². The Bertz CT molecular complexity index is 499. The van der Waals surface area contributed by atoms with E-state index in [1.807, 2.05) is 12.4 Å². The first-order valence-corrected chi connectivity index (χ1v) is 10.2. The molecule has 2 fully saturated rings. The van der Waals surface area contributed by atoms with E-state index < -0.39 is 0 Å². The van der Waals surface area contributed by atoms with E-state index in [9.17, 15) is 0 Å². The topological polar surface area (TPSA) is 67.1 Å². The SMILES string of the molecule is CC(C)C1CCN(c2ncc(NCCC3CCC(N)CC3)cn2)CC1. The minimum absolute atomic E-state index is 0.441. The van der Waals surface area contributed by atoms with E-state index in [0.29, 0.717) is 6.04 Å². The van der Waals surface area contributed by atoms with Crippen LogP contribution in [0, 0.1) is 17.8 Å². The largest absolute Gasteiger partial charge is 0.383 e. The molecule has 2 aliphatic rings. The summed E-state index contributed by atoms with van der Waals surface area (Å²) in [4.78, 5) is 11.5. The number of rotatable bonds is 6. The van der Waals surface area contributed by atoms with Crippen molar-refractivity contribution in [1.82, 2.24) is 9.97 Å². The molecule has 1 aliphatic heterocycles. The molecule has 3 N–H and O–H groups in total. The smallest absolute Gasteiger partial charge is 0.225 e. The summed E-state index contributed by atoms with van der Waals surface area (Å²) >= 11 is 0. The Kier molecular flexibility index (Phi) is 6.51. The molecule has 5 nitrogen and oxygen atoms in total. The van der Waals surface area contributed by atoms with Crippen molar-refractivity contribution in [1.29, 1.82) is 0 Å². The zero-order valence-electron chi connectivity index (χ0n) is 16.0. The first-order valence-electron chi connectivity index (χ1n) is 10.2. The predicted octanol–water partition coefficient (Wildman–Crippen LogP) is 3.67. The van der Waals surface area contributed by atoms with Gasteiger partial charge in [-0.15, -0.1) is 0 Å². The van der Waals surface area contributed by atoms with Gasteiger partial charge in [-0.1, -0.05) is 13.8 Å². The molecule has 0 aromatic carbocycles. The zero-order valence-corrected chi connectivity index (χ0v) is 16.0. The third-order valence-electron chi connectivity index (χ3n) is 6.18. The van der Waals surface area contributed by atoms with Crippen LogP contribution in [0.5, 0.6) is 0 Å². The molecule has 140 valence electrons. The fourth-order valence-electron chi connectivity index (χ4n) is 4.24. The average molecular weight is 346 g/mol. The van der Waals surface area contributed by atoms with Gasteiger partial charge in [-0.25, -0.2) is 9.97 Å². The number of nitrogens with one attached hydrogen (secondary N) is 1. The number of anilines is 2. The number of hydrogen-bond donors (Lipinski definition) is 2.